The molecule has 1 aliphatic carbocycles. The van der Waals surface area contributed by atoms with Gasteiger partial charge in [0.25, 0.3) is 0 Å². The molecule has 0 spiro atoms. The Kier molecular flexibility index (Phi) is 5.39. The highest BCUT2D eigenvalue weighted by molar-refractivity contribution is 5.75. The van der Waals surface area contributed by atoms with Gasteiger partial charge in [-0.2, -0.15) is 0 Å². The Balaban J connectivity index is 2.63. The Hall–Kier alpha value is -1.06. The molecule has 0 heterocycles. The first-order valence-electron chi connectivity index (χ1n) is 7.23. The molecule has 19 heavy (non-hydrogen) atoms. The number of alkyl carbamates (subject to hydrolysis) is 1. The Labute approximate surface area is 116 Å². The third kappa shape index (κ3) is 6.08. The average Bonchev–Trinajstić information content (AvgIpc) is 2.25. The van der Waals surface area contributed by atoms with Crippen molar-refractivity contribution in [2.45, 2.75) is 83.8 Å². The quantitative estimate of drug-likeness (QED) is 0.848. The van der Waals surface area contributed by atoms with Crippen molar-refractivity contribution in [2.24, 2.45) is 0 Å². The highest BCUT2D eigenvalue weighted by atomic mass is 16.6. The van der Waals surface area contributed by atoms with Crippen LogP contribution in [-0.4, -0.2) is 23.0 Å². The Morgan fingerprint density at radius 3 is 2.21 bits per heavy atom. The largest absolute Gasteiger partial charge is 0.444 e. The minimum Gasteiger partial charge on any atom is -0.444 e. The molecule has 0 radical (unpaired) electrons. The predicted octanol–water partition coefficient (Wildman–Crippen LogP) is 3.58. The van der Waals surface area contributed by atoms with Gasteiger partial charge in [0.1, 0.15) is 11.4 Å². The maximum absolute atomic E-state index is 12.0. The number of carbonyl (C=O) groups is 2. The monoisotopic (exact) mass is 269 g/mol. The van der Waals surface area contributed by atoms with Gasteiger partial charge in [-0.25, -0.2) is 4.79 Å². The summed E-state index contributed by atoms with van der Waals surface area (Å²) in [5.74, 6) is 0.177. The number of hydrogen-bond acceptors (Lipinski definition) is 3. The van der Waals surface area contributed by atoms with Gasteiger partial charge in [0.05, 0.1) is 0 Å². The van der Waals surface area contributed by atoms with E-state index in [1.54, 1.807) is 6.92 Å². The molecule has 0 aromatic heterocycles. The van der Waals surface area contributed by atoms with Crippen LogP contribution in [0.3, 0.4) is 0 Å². The van der Waals surface area contributed by atoms with Crippen LogP contribution in [0.15, 0.2) is 0 Å². The molecule has 0 unspecified atom stereocenters. The van der Waals surface area contributed by atoms with E-state index < -0.39 is 5.60 Å². The van der Waals surface area contributed by atoms with E-state index in [9.17, 15) is 9.59 Å². The smallest absolute Gasteiger partial charge is 0.408 e. The van der Waals surface area contributed by atoms with E-state index in [0.717, 1.165) is 32.1 Å². The number of hydrogen-bond donors (Lipinski definition) is 1. The molecule has 0 bridgehead atoms. The van der Waals surface area contributed by atoms with Crippen LogP contribution in [0.25, 0.3) is 0 Å². The molecule has 110 valence electrons. The number of carbonyl (C=O) groups excluding carboxylic acids is 2. The first-order chi connectivity index (χ1) is 8.72. The van der Waals surface area contributed by atoms with E-state index in [1.807, 2.05) is 20.8 Å². The summed E-state index contributed by atoms with van der Waals surface area (Å²) in [6.07, 6.45) is 6.19. The Morgan fingerprint density at radius 1 is 1.16 bits per heavy atom. The third-order valence-electron chi connectivity index (χ3n) is 3.53. The normalized spacial score (nSPS) is 18.7. The van der Waals surface area contributed by atoms with Gasteiger partial charge in [0.15, 0.2) is 0 Å². The summed E-state index contributed by atoms with van der Waals surface area (Å²) in [5.41, 5.74) is -0.729. The number of nitrogens with one attached hydrogen (secondary N) is 1. The van der Waals surface area contributed by atoms with Crippen molar-refractivity contribution in [3.63, 3.8) is 0 Å². The lowest BCUT2D eigenvalue weighted by Crippen LogP contribution is -2.51. The molecule has 1 saturated carbocycles. The van der Waals surface area contributed by atoms with Crippen LogP contribution in [0.1, 0.15) is 72.6 Å². The molecule has 4 heteroatoms. The minimum atomic E-state index is -0.486. The molecule has 0 aliphatic heterocycles. The Morgan fingerprint density at radius 2 is 1.74 bits per heavy atom. The fraction of sp³-hybridized carbons (Fsp3) is 0.867. The molecule has 4 nitrogen and oxygen atoms in total. The zero-order valence-electron chi connectivity index (χ0n) is 12.7. The third-order valence-corrected chi connectivity index (χ3v) is 3.53. The molecular weight excluding hydrogens is 242 g/mol. The molecule has 1 fully saturated rings. The van der Waals surface area contributed by atoms with Crippen molar-refractivity contribution in [3.8, 4) is 0 Å². The van der Waals surface area contributed by atoms with Crippen molar-refractivity contribution in [2.75, 3.05) is 0 Å². The van der Waals surface area contributed by atoms with Gasteiger partial charge < -0.3 is 14.8 Å². The second kappa shape index (κ2) is 6.40. The fourth-order valence-electron chi connectivity index (χ4n) is 2.60. The van der Waals surface area contributed by atoms with Crippen LogP contribution in [0.2, 0.25) is 0 Å². The molecule has 1 N–H and O–H groups in total. The van der Waals surface area contributed by atoms with Crippen LogP contribution in [-0.2, 0) is 9.53 Å². The molecule has 0 atom stereocenters. The van der Waals surface area contributed by atoms with E-state index >= 15 is 0 Å². The van der Waals surface area contributed by atoms with Crippen molar-refractivity contribution >= 4 is 11.9 Å². The summed E-state index contributed by atoms with van der Waals surface area (Å²) < 4.78 is 5.34. The van der Waals surface area contributed by atoms with E-state index in [2.05, 4.69) is 5.32 Å². The topological polar surface area (TPSA) is 55.4 Å². The Bertz CT molecular complexity index is 325. The van der Waals surface area contributed by atoms with Crippen LogP contribution < -0.4 is 5.32 Å². The standard InChI is InChI=1S/C15H27NO3/c1-12(17)8-11-15(9-6-5-7-10-15)16-13(18)19-14(2,3)4/h5-11H2,1-4H3,(H,16,18). The fourth-order valence-corrected chi connectivity index (χ4v) is 2.60. The van der Waals surface area contributed by atoms with Crippen LogP contribution in [0, 0.1) is 0 Å². The number of ketones is 1. The number of Topliss-reactive ketones (excluding diaryl/α,β-unsaturated/α-hetero) is 1. The van der Waals surface area contributed by atoms with E-state index in [4.69, 9.17) is 4.74 Å². The molecule has 0 saturated heterocycles. The number of rotatable bonds is 4. The lowest BCUT2D eigenvalue weighted by molar-refractivity contribution is -0.117. The first-order valence-corrected chi connectivity index (χ1v) is 7.23. The predicted molar refractivity (Wildman–Crippen MR) is 75.1 cm³/mol. The SMILES string of the molecule is CC(=O)CCC1(NC(=O)OC(C)(C)C)CCCCC1. The summed E-state index contributed by atoms with van der Waals surface area (Å²) in [7, 11) is 0. The highest BCUT2D eigenvalue weighted by Gasteiger charge is 2.34. The highest BCUT2D eigenvalue weighted by Crippen LogP contribution is 2.32. The van der Waals surface area contributed by atoms with Crippen LogP contribution in [0.4, 0.5) is 4.79 Å². The van der Waals surface area contributed by atoms with E-state index in [0.29, 0.717) is 6.42 Å². The summed E-state index contributed by atoms with van der Waals surface area (Å²) in [6, 6.07) is 0. The summed E-state index contributed by atoms with van der Waals surface area (Å²) in [6.45, 7) is 7.17. The molecule has 0 aromatic carbocycles. The van der Waals surface area contributed by atoms with Gasteiger partial charge >= 0.3 is 6.09 Å². The van der Waals surface area contributed by atoms with Crippen molar-refractivity contribution in [1.82, 2.24) is 5.32 Å². The zero-order valence-corrected chi connectivity index (χ0v) is 12.7. The van der Waals surface area contributed by atoms with Crippen LogP contribution in [0.5, 0.6) is 0 Å². The summed E-state index contributed by atoms with van der Waals surface area (Å²) >= 11 is 0. The number of amides is 1. The second-order valence-corrected chi connectivity index (χ2v) is 6.67. The maximum atomic E-state index is 12.0. The van der Waals surface area contributed by atoms with Crippen LogP contribution >= 0.6 is 0 Å². The van der Waals surface area contributed by atoms with Crippen molar-refractivity contribution in [1.29, 1.82) is 0 Å². The summed E-state index contributed by atoms with van der Waals surface area (Å²) in [5, 5.41) is 3.03. The lowest BCUT2D eigenvalue weighted by Gasteiger charge is -2.38. The maximum Gasteiger partial charge on any atom is 0.408 e. The summed E-state index contributed by atoms with van der Waals surface area (Å²) in [4.78, 5) is 23.2. The van der Waals surface area contributed by atoms with E-state index in [-0.39, 0.29) is 17.4 Å². The minimum absolute atomic E-state index is 0.177. The molecule has 1 rings (SSSR count). The van der Waals surface area contributed by atoms with Gasteiger partial charge in [-0.05, 0) is 47.0 Å². The molecule has 1 amide bonds. The molecular formula is C15H27NO3. The van der Waals surface area contributed by atoms with Crippen molar-refractivity contribution < 1.29 is 14.3 Å². The lowest BCUT2D eigenvalue weighted by atomic mass is 9.78. The molecule has 0 aromatic rings. The van der Waals surface area contributed by atoms with E-state index in [1.165, 1.54) is 6.42 Å². The number of ether oxygens (including phenoxy) is 1. The van der Waals surface area contributed by atoms with Gasteiger partial charge in [-0.1, -0.05) is 19.3 Å². The second-order valence-electron chi connectivity index (χ2n) is 6.67. The first kappa shape index (κ1) is 16.0. The van der Waals surface area contributed by atoms with Gasteiger partial charge in [0.2, 0.25) is 0 Å². The molecule has 1 aliphatic rings. The van der Waals surface area contributed by atoms with Gasteiger partial charge in [-0.3, -0.25) is 0 Å². The zero-order chi connectivity index (χ0) is 14.5. The van der Waals surface area contributed by atoms with Gasteiger partial charge in [0, 0.05) is 12.0 Å². The van der Waals surface area contributed by atoms with Crippen molar-refractivity contribution in [3.05, 3.63) is 0 Å². The van der Waals surface area contributed by atoms with Gasteiger partial charge in [-0.15, -0.1) is 0 Å². The average molecular weight is 269 g/mol.